The highest BCUT2D eigenvalue weighted by Gasteiger charge is 2.20. The van der Waals surface area contributed by atoms with Crippen molar-refractivity contribution in [3.05, 3.63) is 79.8 Å². The summed E-state index contributed by atoms with van der Waals surface area (Å²) >= 11 is 5.92. The van der Waals surface area contributed by atoms with Gasteiger partial charge >= 0.3 is 5.97 Å². The molecule has 3 aromatic rings. The van der Waals surface area contributed by atoms with Crippen LogP contribution in [-0.4, -0.2) is 15.6 Å². The Labute approximate surface area is 179 Å². The zero-order valence-electron chi connectivity index (χ0n) is 17.5. The first kappa shape index (κ1) is 22.0. The lowest BCUT2D eigenvalue weighted by Gasteiger charge is -2.24. The molecule has 3 rings (SSSR count). The molecule has 0 spiro atoms. The predicted octanol–water partition coefficient (Wildman–Crippen LogP) is 5.86. The van der Waals surface area contributed by atoms with Crippen LogP contribution in [0, 0.1) is 11.7 Å². The van der Waals surface area contributed by atoms with Gasteiger partial charge in [-0.3, -0.25) is 4.79 Å². The van der Waals surface area contributed by atoms with Gasteiger partial charge in [-0.15, -0.1) is 0 Å². The molecule has 0 aliphatic carbocycles. The number of benzene rings is 2. The summed E-state index contributed by atoms with van der Waals surface area (Å²) in [7, 11) is 0. The molecule has 0 fully saturated rings. The zero-order valence-corrected chi connectivity index (χ0v) is 18.3. The molecule has 1 heterocycles. The number of carboxylic acids is 1. The lowest BCUT2D eigenvalue weighted by Crippen LogP contribution is -2.22. The first-order valence-electron chi connectivity index (χ1n) is 10.0. The molecule has 0 saturated heterocycles. The molecule has 0 saturated carbocycles. The van der Waals surface area contributed by atoms with Gasteiger partial charge in [0.1, 0.15) is 11.4 Å². The maximum Gasteiger partial charge on any atom is 0.341 e. The second-order valence-corrected chi connectivity index (χ2v) is 8.36. The van der Waals surface area contributed by atoms with Crippen molar-refractivity contribution >= 4 is 28.5 Å². The minimum atomic E-state index is -1.26. The van der Waals surface area contributed by atoms with Gasteiger partial charge in [0.15, 0.2) is 0 Å². The van der Waals surface area contributed by atoms with E-state index < -0.39 is 17.2 Å². The summed E-state index contributed by atoms with van der Waals surface area (Å²) in [5.74, 6) is -1.50. The summed E-state index contributed by atoms with van der Waals surface area (Å²) in [5, 5.41) is 9.94. The highest BCUT2D eigenvalue weighted by atomic mass is 35.5. The Morgan fingerprint density at radius 1 is 1.17 bits per heavy atom. The van der Waals surface area contributed by atoms with E-state index in [4.69, 9.17) is 11.6 Å². The van der Waals surface area contributed by atoms with Crippen LogP contribution >= 0.6 is 11.6 Å². The fourth-order valence-electron chi connectivity index (χ4n) is 3.68. The van der Waals surface area contributed by atoms with Crippen molar-refractivity contribution in [1.82, 2.24) is 4.57 Å². The van der Waals surface area contributed by atoms with E-state index in [1.165, 1.54) is 12.3 Å². The van der Waals surface area contributed by atoms with Crippen LogP contribution in [0.25, 0.3) is 10.9 Å². The molecule has 0 radical (unpaired) electrons. The summed E-state index contributed by atoms with van der Waals surface area (Å²) in [6.07, 6.45) is 2.40. The van der Waals surface area contributed by atoms with Crippen molar-refractivity contribution in [1.29, 1.82) is 0 Å². The number of carbonyl (C=O) groups is 1. The summed E-state index contributed by atoms with van der Waals surface area (Å²) in [5.41, 5.74) is 2.10. The minimum absolute atomic E-state index is 0.00729. The summed E-state index contributed by atoms with van der Waals surface area (Å²) < 4.78 is 16.3. The van der Waals surface area contributed by atoms with Gasteiger partial charge < -0.3 is 9.67 Å². The van der Waals surface area contributed by atoms with Gasteiger partial charge in [0.25, 0.3) is 0 Å². The summed E-state index contributed by atoms with van der Waals surface area (Å²) in [6.45, 7) is 8.10. The monoisotopic (exact) mass is 429 g/mol. The molecular weight excluding hydrogens is 405 g/mol. The van der Waals surface area contributed by atoms with Gasteiger partial charge in [-0.25, -0.2) is 9.18 Å². The quantitative estimate of drug-likeness (QED) is 0.533. The molecule has 4 nitrogen and oxygen atoms in total. The molecule has 30 heavy (non-hydrogen) atoms. The van der Waals surface area contributed by atoms with E-state index in [0.29, 0.717) is 22.9 Å². The van der Waals surface area contributed by atoms with Gasteiger partial charge in [-0.2, -0.15) is 0 Å². The van der Waals surface area contributed by atoms with Gasteiger partial charge in [0.05, 0.1) is 10.5 Å². The maximum atomic E-state index is 14.5. The highest BCUT2D eigenvalue weighted by Crippen LogP contribution is 2.28. The smallest absolute Gasteiger partial charge is 0.341 e. The van der Waals surface area contributed by atoms with E-state index in [2.05, 4.69) is 0 Å². The molecule has 1 aromatic heterocycles. The molecule has 1 atom stereocenters. The number of aromatic nitrogens is 1. The molecule has 0 aliphatic rings. The topological polar surface area (TPSA) is 59.3 Å². The zero-order chi connectivity index (χ0) is 22.2. The lowest BCUT2D eigenvalue weighted by molar-refractivity contribution is 0.0694. The SMILES string of the molecule is CCc1cc2c(cc1Cc1cccc(Cl)c1F)c(=O)c(C(=O)O)cn2C(C)C(C)C. The molecular formula is C24H25ClFNO3. The summed E-state index contributed by atoms with van der Waals surface area (Å²) in [4.78, 5) is 24.7. The van der Waals surface area contributed by atoms with Crippen LogP contribution in [0.2, 0.25) is 5.02 Å². The maximum absolute atomic E-state index is 14.5. The number of pyridine rings is 1. The molecule has 0 aliphatic heterocycles. The van der Waals surface area contributed by atoms with Crippen molar-refractivity contribution in [2.45, 2.75) is 46.6 Å². The first-order valence-corrected chi connectivity index (χ1v) is 10.4. The molecule has 2 aromatic carbocycles. The predicted molar refractivity (Wildman–Crippen MR) is 118 cm³/mol. The normalized spacial score (nSPS) is 12.5. The third kappa shape index (κ3) is 3.99. The van der Waals surface area contributed by atoms with Crippen LogP contribution in [-0.2, 0) is 12.8 Å². The van der Waals surface area contributed by atoms with Crippen LogP contribution in [0.15, 0.2) is 41.3 Å². The molecule has 6 heteroatoms. The number of carboxylic acid groups (broad SMARTS) is 1. The van der Waals surface area contributed by atoms with E-state index in [1.54, 1.807) is 18.2 Å². The number of nitrogens with zero attached hydrogens (tertiary/aromatic N) is 1. The second-order valence-electron chi connectivity index (χ2n) is 7.95. The van der Waals surface area contributed by atoms with E-state index in [9.17, 15) is 19.1 Å². The van der Waals surface area contributed by atoms with Crippen molar-refractivity contribution < 1.29 is 14.3 Å². The van der Waals surface area contributed by atoms with Gasteiger partial charge in [0, 0.05) is 24.0 Å². The Kier molecular flexibility index (Phi) is 6.32. The number of halogens is 2. The first-order chi connectivity index (χ1) is 14.1. The number of hydrogen-bond donors (Lipinski definition) is 1. The molecule has 0 amide bonds. The Balaban J connectivity index is 2.31. The molecule has 0 bridgehead atoms. The number of fused-ring (bicyclic) bond motifs is 1. The average molecular weight is 430 g/mol. The fourth-order valence-corrected chi connectivity index (χ4v) is 3.87. The molecule has 1 unspecified atom stereocenters. The number of aromatic carboxylic acids is 1. The van der Waals surface area contributed by atoms with Crippen LogP contribution in [0.1, 0.15) is 60.8 Å². The van der Waals surface area contributed by atoms with Crippen LogP contribution < -0.4 is 5.43 Å². The molecule has 158 valence electrons. The Hall–Kier alpha value is -2.66. The van der Waals surface area contributed by atoms with Crippen LogP contribution in [0.5, 0.6) is 0 Å². The minimum Gasteiger partial charge on any atom is -0.477 e. The van der Waals surface area contributed by atoms with Crippen molar-refractivity contribution in [3.63, 3.8) is 0 Å². The van der Waals surface area contributed by atoms with Crippen molar-refractivity contribution in [3.8, 4) is 0 Å². The number of rotatable bonds is 6. The Bertz CT molecular complexity index is 1180. The van der Waals surface area contributed by atoms with Crippen LogP contribution in [0.3, 0.4) is 0 Å². The second kappa shape index (κ2) is 8.60. The van der Waals surface area contributed by atoms with E-state index in [1.807, 2.05) is 38.3 Å². The Morgan fingerprint density at radius 2 is 1.87 bits per heavy atom. The summed E-state index contributed by atoms with van der Waals surface area (Å²) in [6, 6.07) is 8.48. The van der Waals surface area contributed by atoms with Crippen LogP contribution in [0.4, 0.5) is 4.39 Å². The van der Waals surface area contributed by atoms with Gasteiger partial charge in [-0.1, -0.05) is 44.5 Å². The average Bonchev–Trinajstić information content (AvgIpc) is 2.70. The van der Waals surface area contributed by atoms with E-state index in [0.717, 1.165) is 11.1 Å². The van der Waals surface area contributed by atoms with E-state index >= 15 is 0 Å². The van der Waals surface area contributed by atoms with E-state index in [-0.39, 0.29) is 29.0 Å². The third-order valence-corrected chi connectivity index (χ3v) is 6.07. The lowest BCUT2D eigenvalue weighted by atomic mass is 9.94. The third-order valence-electron chi connectivity index (χ3n) is 5.78. The van der Waals surface area contributed by atoms with Crippen molar-refractivity contribution in [2.24, 2.45) is 5.92 Å². The largest absolute Gasteiger partial charge is 0.477 e. The fraction of sp³-hybridized carbons (Fsp3) is 0.333. The van der Waals surface area contributed by atoms with Gasteiger partial charge in [0.2, 0.25) is 5.43 Å². The molecule has 1 N–H and O–H groups in total. The Morgan fingerprint density at radius 3 is 2.47 bits per heavy atom. The number of aryl methyl sites for hydroxylation is 1. The van der Waals surface area contributed by atoms with Gasteiger partial charge in [-0.05, 0) is 54.2 Å². The highest BCUT2D eigenvalue weighted by molar-refractivity contribution is 6.30. The number of hydrogen-bond acceptors (Lipinski definition) is 2. The standard InChI is InChI=1S/C24H25ClFNO3/c1-5-15-11-21-18(10-17(15)9-16-7-6-8-20(25)22(16)26)23(28)19(24(29)30)12-27(21)14(4)13(2)3/h6-8,10-14H,5,9H2,1-4H3,(H,29,30). The van der Waals surface area contributed by atoms with Crippen molar-refractivity contribution in [2.75, 3.05) is 0 Å².